The largest absolute Gasteiger partial charge is 0.493 e. The Morgan fingerprint density at radius 1 is 1.18 bits per heavy atom. The van der Waals surface area contributed by atoms with Gasteiger partial charge in [-0.2, -0.15) is 0 Å². The second-order valence-electron chi connectivity index (χ2n) is 3.28. The van der Waals surface area contributed by atoms with E-state index in [-0.39, 0.29) is 0 Å². The van der Waals surface area contributed by atoms with E-state index in [2.05, 4.69) is 11.9 Å². The fourth-order valence-corrected chi connectivity index (χ4v) is 1.45. The topological polar surface area (TPSA) is 39.7 Å². The number of anilines is 1. The van der Waals surface area contributed by atoms with Crippen LogP contribution in [0.5, 0.6) is 17.2 Å². The van der Waals surface area contributed by atoms with Gasteiger partial charge in [-0.25, -0.2) is 0 Å². The Hall–Kier alpha value is -1.55. The zero-order valence-corrected chi connectivity index (χ0v) is 10.9. The van der Waals surface area contributed by atoms with Crippen LogP contribution >= 0.6 is 11.6 Å². The summed E-state index contributed by atoms with van der Waals surface area (Å²) in [5, 5.41) is 3.62. The van der Waals surface area contributed by atoms with Crippen molar-refractivity contribution in [3.63, 3.8) is 0 Å². The molecule has 0 amide bonds. The van der Waals surface area contributed by atoms with Crippen LogP contribution in [0.3, 0.4) is 0 Å². The van der Waals surface area contributed by atoms with Gasteiger partial charge in [-0.05, 0) is 0 Å². The zero-order valence-electron chi connectivity index (χ0n) is 10.2. The second-order valence-corrected chi connectivity index (χ2v) is 3.82. The van der Waals surface area contributed by atoms with Gasteiger partial charge in [0, 0.05) is 22.9 Å². The average Bonchev–Trinajstić information content (AvgIpc) is 2.34. The molecule has 0 atom stereocenters. The molecule has 0 aromatic heterocycles. The first-order valence-electron chi connectivity index (χ1n) is 4.99. The monoisotopic (exact) mass is 257 g/mol. The average molecular weight is 258 g/mol. The first-order chi connectivity index (χ1) is 8.12. The second kappa shape index (κ2) is 6.25. The van der Waals surface area contributed by atoms with Gasteiger partial charge in [0.1, 0.15) is 0 Å². The summed E-state index contributed by atoms with van der Waals surface area (Å²) in [6.45, 7) is 4.08. The van der Waals surface area contributed by atoms with Crippen LogP contribution < -0.4 is 19.5 Å². The van der Waals surface area contributed by atoms with Crippen LogP contribution in [0.15, 0.2) is 23.7 Å². The Balaban J connectivity index is 3.04. The zero-order chi connectivity index (χ0) is 12.8. The molecule has 94 valence electrons. The minimum atomic E-state index is 0.472. The van der Waals surface area contributed by atoms with Gasteiger partial charge in [0.05, 0.1) is 27.9 Å². The van der Waals surface area contributed by atoms with E-state index in [4.69, 9.17) is 25.8 Å². The summed E-state index contributed by atoms with van der Waals surface area (Å²) in [6, 6.07) is 3.61. The van der Waals surface area contributed by atoms with Gasteiger partial charge >= 0.3 is 0 Å². The summed E-state index contributed by atoms with van der Waals surface area (Å²) in [6.07, 6.45) is 0. The molecule has 1 aromatic carbocycles. The standard InChI is InChI=1S/C12H16ClNO3/c1-8(13)7-14-9-5-10(15-2)12(17-4)11(6-9)16-3/h5-6,14H,1,7H2,2-4H3. The number of methoxy groups -OCH3 is 3. The third-order valence-corrected chi connectivity index (χ3v) is 2.28. The molecule has 0 fully saturated rings. The van der Waals surface area contributed by atoms with Crippen molar-refractivity contribution in [1.82, 2.24) is 0 Å². The van der Waals surface area contributed by atoms with Crippen molar-refractivity contribution in [2.24, 2.45) is 0 Å². The lowest BCUT2D eigenvalue weighted by atomic mass is 10.2. The van der Waals surface area contributed by atoms with Crippen molar-refractivity contribution >= 4 is 17.3 Å². The first kappa shape index (κ1) is 13.5. The SMILES string of the molecule is C=C(Cl)CNc1cc(OC)c(OC)c(OC)c1. The lowest BCUT2D eigenvalue weighted by Gasteiger charge is -2.14. The highest BCUT2D eigenvalue weighted by molar-refractivity contribution is 6.29. The van der Waals surface area contributed by atoms with E-state index in [1.807, 2.05) is 0 Å². The van der Waals surface area contributed by atoms with Crippen LogP contribution in [-0.2, 0) is 0 Å². The van der Waals surface area contributed by atoms with Crippen LogP contribution in [0, 0.1) is 0 Å². The molecule has 1 aromatic rings. The maximum absolute atomic E-state index is 5.69. The first-order valence-corrected chi connectivity index (χ1v) is 5.37. The number of ether oxygens (including phenoxy) is 3. The minimum absolute atomic E-state index is 0.472. The summed E-state index contributed by atoms with van der Waals surface area (Å²) in [7, 11) is 4.71. The smallest absolute Gasteiger partial charge is 0.203 e. The number of hydrogen-bond acceptors (Lipinski definition) is 4. The number of halogens is 1. The van der Waals surface area contributed by atoms with Gasteiger partial charge < -0.3 is 19.5 Å². The van der Waals surface area contributed by atoms with Crippen molar-refractivity contribution < 1.29 is 14.2 Å². The van der Waals surface area contributed by atoms with Gasteiger partial charge in [0.2, 0.25) is 5.75 Å². The molecule has 0 bridgehead atoms. The Bertz CT molecular complexity index is 382. The molecule has 4 nitrogen and oxygen atoms in total. The number of hydrogen-bond donors (Lipinski definition) is 1. The van der Waals surface area contributed by atoms with E-state index in [9.17, 15) is 0 Å². The summed E-state index contributed by atoms with van der Waals surface area (Å²) < 4.78 is 15.7. The summed E-state index contributed by atoms with van der Waals surface area (Å²) in [5.74, 6) is 1.74. The predicted octanol–water partition coefficient (Wildman–Crippen LogP) is 2.88. The Kier molecular flexibility index (Phi) is 4.97. The number of nitrogens with one attached hydrogen (secondary N) is 1. The molecule has 17 heavy (non-hydrogen) atoms. The lowest BCUT2D eigenvalue weighted by Crippen LogP contribution is -2.02. The van der Waals surface area contributed by atoms with Crippen molar-refractivity contribution in [2.75, 3.05) is 33.2 Å². The van der Waals surface area contributed by atoms with Crippen LogP contribution in [0.25, 0.3) is 0 Å². The molecule has 0 aliphatic heterocycles. The lowest BCUT2D eigenvalue weighted by molar-refractivity contribution is 0.324. The van der Waals surface area contributed by atoms with Gasteiger partial charge in [-0.1, -0.05) is 18.2 Å². The molecular formula is C12H16ClNO3. The molecule has 0 unspecified atom stereocenters. The third-order valence-electron chi connectivity index (χ3n) is 2.15. The quantitative estimate of drug-likeness (QED) is 0.851. The van der Waals surface area contributed by atoms with Gasteiger partial charge in [0.25, 0.3) is 0 Å². The molecule has 0 spiro atoms. The third kappa shape index (κ3) is 3.46. The van der Waals surface area contributed by atoms with E-state index in [0.717, 1.165) is 5.69 Å². The van der Waals surface area contributed by atoms with Crippen molar-refractivity contribution in [3.05, 3.63) is 23.7 Å². The Labute approximate surface area is 106 Å². The highest BCUT2D eigenvalue weighted by Gasteiger charge is 2.12. The molecule has 1 N–H and O–H groups in total. The molecule has 0 aliphatic carbocycles. The fourth-order valence-electron chi connectivity index (χ4n) is 1.38. The number of rotatable bonds is 6. The minimum Gasteiger partial charge on any atom is -0.493 e. The molecule has 0 saturated carbocycles. The van der Waals surface area contributed by atoms with E-state index in [1.54, 1.807) is 33.5 Å². The van der Waals surface area contributed by atoms with E-state index in [0.29, 0.717) is 28.8 Å². The summed E-state index contributed by atoms with van der Waals surface area (Å²) in [4.78, 5) is 0. The highest BCUT2D eigenvalue weighted by atomic mass is 35.5. The summed E-state index contributed by atoms with van der Waals surface area (Å²) >= 11 is 5.69. The molecule has 0 radical (unpaired) electrons. The van der Waals surface area contributed by atoms with Crippen molar-refractivity contribution in [3.8, 4) is 17.2 Å². The van der Waals surface area contributed by atoms with Crippen molar-refractivity contribution in [1.29, 1.82) is 0 Å². The van der Waals surface area contributed by atoms with Gasteiger partial charge in [-0.3, -0.25) is 0 Å². The van der Waals surface area contributed by atoms with E-state index >= 15 is 0 Å². The Morgan fingerprint density at radius 3 is 2.06 bits per heavy atom. The highest BCUT2D eigenvalue weighted by Crippen LogP contribution is 2.39. The van der Waals surface area contributed by atoms with Crippen molar-refractivity contribution in [2.45, 2.75) is 0 Å². The Morgan fingerprint density at radius 2 is 1.71 bits per heavy atom. The predicted molar refractivity (Wildman–Crippen MR) is 69.6 cm³/mol. The maximum atomic E-state index is 5.69. The van der Waals surface area contributed by atoms with Gasteiger partial charge in [-0.15, -0.1) is 0 Å². The normalized spacial score (nSPS) is 9.65. The summed E-state index contributed by atoms with van der Waals surface area (Å²) in [5.41, 5.74) is 0.821. The van der Waals surface area contributed by atoms with E-state index < -0.39 is 0 Å². The molecule has 0 saturated heterocycles. The molecule has 0 heterocycles. The van der Waals surface area contributed by atoms with Crippen LogP contribution in [0.1, 0.15) is 0 Å². The maximum Gasteiger partial charge on any atom is 0.203 e. The molecule has 1 rings (SSSR count). The molecule has 0 aliphatic rings. The number of benzene rings is 1. The molecule has 5 heteroatoms. The van der Waals surface area contributed by atoms with Crippen LogP contribution in [0.4, 0.5) is 5.69 Å². The van der Waals surface area contributed by atoms with Crippen LogP contribution in [0.2, 0.25) is 0 Å². The van der Waals surface area contributed by atoms with Gasteiger partial charge in [0.15, 0.2) is 11.5 Å². The fraction of sp³-hybridized carbons (Fsp3) is 0.333. The van der Waals surface area contributed by atoms with Crippen LogP contribution in [-0.4, -0.2) is 27.9 Å². The molecular weight excluding hydrogens is 242 g/mol. The van der Waals surface area contributed by atoms with E-state index in [1.165, 1.54) is 0 Å².